The summed E-state index contributed by atoms with van der Waals surface area (Å²) in [5.74, 6) is 0.537. The fraction of sp³-hybridized carbons (Fsp3) is 0.333. The first-order valence-electron chi connectivity index (χ1n) is 3.87. The lowest BCUT2D eigenvalue weighted by Gasteiger charge is -2.14. The van der Waals surface area contributed by atoms with E-state index in [1.807, 2.05) is 24.4 Å². The van der Waals surface area contributed by atoms with Crippen LogP contribution >= 0.6 is 11.9 Å². The van der Waals surface area contributed by atoms with Crippen LogP contribution in [0.4, 0.5) is 0 Å². The van der Waals surface area contributed by atoms with Crippen LogP contribution in [0.3, 0.4) is 0 Å². The van der Waals surface area contributed by atoms with Gasteiger partial charge in [0.15, 0.2) is 5.78 Å². The number of carbonyl (C=O) groups is 1. The molecule has 62 valence electrons. The number of ketones is 1. The van der Waals surface area contributed by atoms with E-state index in [9.17, 15) is 4.79 Å². The van der Waals surface area contributed by atoms with Gasteiger partial charge < -0.3 is 0 Å². The second kappa shape index (κ2) is 2.90. The molecule has 2 unspecified atom stereocenters. The van der Waals surface area contributed by atoms with Crippen molar-refractivity contribution < 1.29 is 4.79 Å². The van der Waals surface area contributed by atoms with E-state index in [0.29, 0.717) is 11.2 Å². The Bertz CT molecular complexity index is 304. The summed E-state index contributed by atoms with van der Waals surface area (Å²) in [6.45, 7) is 1.59. The van der Waals surface area contributed by atoms with Gasteiger partial charge in [-0.2, -0.15) is 0 Å². The second-order valence-electron chi connectivity index (χ2n) is 2.94. The number of hydrogen-bond donors (Lipinski definition) is 0. The van der Waals surface area contributed by atoms with Gasteiger partial charge in [0, 0.05) is 17.7 Å². The maximum absolute atomic E-state index is 11.0. The van der Waals surface area contributed by atoms with E-state index in [1.165, 1.54) is 11.9 Å². The molecule has 2 nitrogen and oxygen atoms in total. The summed E-state index contributed by atoms with van der Waals surface area (Å²) < 4.78 is 4.11. The highest BCUT2D eigenvalue weighted by Crippen LogP contribution is 2.32. The number of allylic oxidation sites excluding steroid dienone is 3. The first-order valence-corrected chi connectivity index (χ1v) is 4.71. The molecule has 0 N–H and O–H groups in total. The average Bonchev–Trinajstić information content (AvgIpc) is 2.49. The van der Waals surface area contributed by atoms with Crippen molar-refractivity contribution in [2.75, 3.05) is 0 Å². The molecule has 3 heteroatoms. The molecule has 2 rings (SSSR count). The zero-order valence-corrected chi connectivity index (χ0v) is 7.54. The quantitative estimate of drug-likeness (QED) is 0.574. The zero-order chi connectivity index (χ0) is 8.55. The van der Waals surface area contributed by atoms with E-state index in [4.69, 9.17) is 0 Å². The van der Waals surface area contributed by atoms with Crippen LogP contribution in [0.5, 0.6) is 0 Å². The van der Waals surface area contributed by atoms with Crippen molar-refractivity contribution >= 4 is 23.9 Å². The van der Waals surface area contributed by atoms with Crippen LogP contribution in [0.15, 0.2) is 28.2 Å². The fourth-order valence-electron chi connectivity index (χ4n) is 1.31. The Balaban J connectivity index is 2.23. The third kappa shape index (κ3) is 1.25. The molecule has 1 aliphatic carbocycles. The van der Waals surface area contributed by atoms with Gasteiger partial charge in [0.05, 0.1) is 5.25 Å². The molecular weight excluding hydrogens is 170 g/mol. The van der Waals surface area contributed by atoms with E-state index in [0.717, 1.165) is 5.57 Å². The average molecular weight is 179 g/mol. The number of nitrogens with zero attached hydrogens (tertiary/aromatic N) is 1. The van der Waals surface area contributed by atoms with E-state index >= 15 is 0 Å². The van der Waals surface area contributed by atoms with Gasteiger partial charge in [-0.15, -0.1) is 0 Å². The summed E-state index contributed by atoms with van der Waals surface area (Å²) >= 11 is 1.54. The Labute approximate surface area is 75.6 Å². The van der Waals surface area contributed by atoms with Crippen LogP contribution in [0.2, 0.25) is 0 Å². The standard InChI is InChI=1S/C9H9NOS/c1-6(11)7-2-3-8-5-10-12-9(8)4-7/h2-5,8-9H,1H3. The van der Waals surface area contributed by atoms with E-state index < -0.39 is 0 Å². The highest BCUT2D eigenvalue weighted by molar-refractivity contribution is 7.99. The van der Waals surface area contributed by atoms with Crippen molar-refractivity contribution in [3.8, 4) is 0 Å². The molecule has 0 fully saturated rings. The largest absolute Gasteiger partial charge is 0.295 e. The minimum atomic E-state index is 0.136. The lowest BCUT2D eigenvalue weighted by Crippen LogP contribution is -2.14. The predicted octanol–water partition coefficient (Wildman–Crippen LogP) is 1.79. The summed E-state index contributed by atoms with van der Waals surface area (Å²) in [6, 6.07) is 0. The summed E-state index contributed by atoms with van der Waals surface area (Å²) in [6.07, 6.45) is 7.87. The monoisotopic (exact) mass is 179 g/mol. The number of rotatable bonds is 1. The molecule has 0 spiro atoms. The first-order chi connectivity index (χ1) is 5.77. The van der Waals surface area contributed by atoms with E-state index in [1.54, 1.807) is 6.92 Å². The minimum Gasteiger partial charge on any atom is -0.295 e. The summed E-state index contributed by atoms with van der Waals surface area (Å²) in [5, 5.41) is 0.355. The molecule has 0 saturated heterocycles. The van der Waals surface area contributed by atoms with Crippen molar-refractivity contribution in [1.29, 1.82) is 0 Å². The highest BCUT2D eigenvalue weighted by Gasteiger charge is 2.24. The number of Topliss-reactive ketones (excluding diaryl/α,β-unsaturated/α-hetero) is 1. The van der Waals surface area contributed by atoms with Crippen LogP contribution in [-0.2, 0) is 4.79 Å². The summed E-state index contributed by atoms with van der Waals surface area (Å²) in [5.41, 5.74) is 0.814. The van der Waals surface area contributed by atoms with Gasteiger partial charge in [0.1, 0.15) is 0 Å². The Hall–Kier alpha value is -0.830. The molecule has 0 amide bonds. The van der Waals surface area contributed by atoms with Crippen molar-refractivity contribution in [2.45, 2.75) is 12.2 Å². The van der Waals surface area contributed by atoms with Crippen molar-refractivity contribution in [3.05, 3.63) is 23.8 Å². The van der Waals surface area contributed by atoms with Crippen LogP contribution < -0.4 is 0 Å². The lowest BCUT2D eigenvalue weighted by molar-refractivity contribution is -0.113. The molecule has 1 heterocycles. The molecule has 2 aliphatic rings. The highest BCUT2D eigenvalue weighted by atomic mass is 32.2. The third-order valence-corrected chi connectivity index (χ3v) is 2.98. The second-order valence-corrected chi connectivity index (χ2v) is 3.91. The minimum absolute atomic E-state index is 0.136. The van der Waals surface area contributed by atoms with Crippen molar-refractivity contribution in [1.82, 2.24) is 0 Å². The normalized spacial score (nSPS) is 31.6. The third-order valence-electron chi connectivity index (χ3n) is 2.04. The smallest absolute Gasteiger partial charge is 0.159 e. The van der Waals surface area contributed by atoms with Gasteiger partial charge in [-0.1, -0.05) is 18.2 Å². The molecule has 0 radical (unpaired) electrons. The molecule has 1 aliphatic heterocycles. The van der Waals surface area contributed by atoms with Crippen LogP contribution in [-0.4, -0.2) is 17.2 Å². The molecule has 12 heavy (non-hydrogen) atoms. The number of carbonyl (C=O) groups excluding carboxylic acids is 1. The van der Waals surface area contributed by atoms with E-state index in [-0.39, 0.29) is 5.78 Å². The predicted molar refractivity (Wildman–Crippen MR) is 51.3 cm³/mol. The molecule has 0 aromatic rings. The Kier molecular flexibility index (Phi) is 1.89. The molecular formula is C9H9NOS. The van der Waals surface area contributed by atoms with Gasteiger partial charge in [0.25, 0.3) is 0 Å². The maximum atomic E-state index is 11.0. The van der Waals surface area contributed by atoms with Crippen LogP contribution in [0.1, 0.15) is 6.92 Å². The van der Waals surface area contributed by atoms with E-state index in [2.05, 4.69) is 4.40 Å². The first kappa shape index (κ1) is 7.80. The molecule has 0 aromatic heterocycles. The van der Waals surface area contributed by atoms with Crippen molar-refractivity contribution in [3.63, 3.8) is 0 Å². The van der Waals surface area contributed by atoms with Crippen LogP contribution in [0, 0.1) is 5.92 Å². The Morgan fingerprint density at radius 1 is 1.67 bits per heavy atom. The van der Waals surface area contributed by atoms with Gasteiger partial charge in [0.2, 0.25) is 0 Å². The SMILES string of the molecule is CC(=O)C1=CC2SN=CC2C=C1. The lowest BCUT2D eigenvalue weighted by atomic mass is 9.96. The number of fused-ring (bicyclic) bond motifs is 1. The Morgan fingerprint density at radius 3 is 3.25 bits per heavy atom. The van der Waals surface area contributed by atoms with Gasteiger partial charge in [-0.3, -0.25) is 4.79 Å². The molecule has 0 saturated carbocycles. The molecule has 0 bridgehead atoms. The summed E-state index contributed by atoms with van der Waals surface area (Å²) in [4.78, 5) is 11.0. The number of hydrogen-bond acceptors (Lipinski definition) is 3. The summed E-state index contributed by atoms with van der Waals surface area (Å²) in [7, 11) is 0. The zero-order valence-electron chi connectivity index (χ0n) is 6.73. The van der Waals surface area contributed by atoms with Crippen LogP contribution in [0.25, 0.3) is 0 Å². The topological polar surface area (TPSA) is 29.4 Å². The van der Waals surface area contributed by atoms with Gasteiger partial charge >= 0.3 is 0 Å². The fourth-order valence-corrected chi connectivity index (χ4v) is 2.17. The van der Waals surface area contributed by atoms with Gasteiger partial charge in [-0.05, 0) is 18.9 Å². The maximum Gasteiger partial charge on any atom is 0.159 e. The Morgan fingerprint density at radius 2 is 2.50 bits per heavy atom. The van der Waals surface area contributed by atoms with Gasteiger partial charge in [-0.25, -0.2) is 4.40 Å². The molecule has 0 aromatic carbocycles. The van der Waals surface area contributed by atoms with Crippen molar-refractivity contribution in [2.24, 2.45) is 10.3 Å². The molecule has 2 atom stereocenters.